The summed E-state index contributed by atoms with van der Waals surface area (Å²) in [6.07, 6.45) is 0. The van der Waals surface area contributed by atoms with Crippen molar-refractivity contribution in [1.82, 2.24) is 0 Å². The van der Waals surface area contributed by atoms with Crippen LogP contribution < -0.4 is 11.2 Å². The maximum atomic E-state index is 8.69. The summed E-state index contributed by atoms with van der Waals surface area (Å²) in [5, 5.41) is 19.5. The van der Waals surface area contributed by atoms with Crippen LogP contribution in [0.2, 0.25) is 0 Å². The van der Waals surface area contributed by atoms with Gasteiger partial charge in [0.2, 0.25) is 11.6 Å². The summed E-state index contributed by atoms with van der Waals surface area (Å²) >= 11 is 0. The van der Waals surface area contributed by atoms with Crippen molar-refractivity contribution in [2.75, 3.05) is 18.6 Å². The Hall–Kier alpha value is -2.88. The molecule has 96 valence electrons. The van der Waals surface area contributed by atoms with Crippen LogP contribution in [0.4, 0.5) is 5.69 Å². The van der Waals surface area contributed by atoms with Crippen molar-refractivity contribution in [3.8, 4) is 6.07 Å². The predicted octanol–water partition coefficient (Wildman–Crippen LogP) is 0.691. The van der Waals surface area contributed by atoms with Crippen LogP contribution in [0.15, 0.2) is 34.4 Å². The maximum absolute atomic E-state index is 8.69. The number of rotatable bonds is 4. The molecule has 1 aliphatic heterocycles. The Morgan fingerprint density at radius 2 is 2.21 bits per heavy atom. The molecule has 0 aromatic heterocycles. The van der Waals surface area contributed by atoms with Gasteiger partial charge in [0.15, 0.2) is 5.84 Å². The Bertz CT molecular complexity index is 581. The molecule has 1 aromatic carbocycles. The Balaban J connectivity index is 2.07. The van der Waals surface area contributed by atoms with E-state index in [4.69, 9.17) is 21.1 Å². The number of ether oxygens (including phenoxy) is 1. The van der Waals surface area contributed by atoms with Crippen LogP contribution in [0.1, 0.15) is 5.56 Å². The highest BCUT2D eigenvalue weighted by molar-refractivity contribution is 6.45. The van der Waals surface area contributed by atoms with Crippen molar-refractivity contribution in [3.05, 3.63) is 29.8 Å². The second-order valence-electron chi connectivity index (χ2n) is 3.71. The van der Waals surface area contributed by atoms with Gasteiger partial charge in [-0.1, -0.05) is 0 Å². The molecule has 0 atom stereocenters. The molecule has 19 heavy (non-hydrogen) atoms. The Morgan fingerprint density at radius 1 is 1.47 bits per heavy atom. The summed E-state index contributed by atoms with van der Waals surface area (Å²) in [4.78, 5) is 4.21. The average molecular weight is 256 g/mol. The van der Waals surface area contributed by atoms with Crippen molar-refractivity contribution >= 4 is 23.1 Å². The van der Waals surface area contributed by atoms with Gasteiger partial charge in [0.05, 0.1) is 12.2 Å². The van der Waals surface area contributed by atoms with Crippen molar-refractivity contribution in [1.29, 1.82) is 10.7 Å². The number of nitrogens with zero attached hydrogens (tertiary/aromatic N) is 3. The molecule has 0 saturated carbocycles. The van der Waals surface area contributed by atoms with E-state index in [1.165, 1.54) is 0 Å². The van der Waals surface area contributed by atoms with Crippen molar-refractivity contribution in [2.45, 2.75) is 0 Å². The van der Waals surface area contributed by atoms with Gasteiger partial charge < -0.3 is 10.5 Å². The van der Waals surface area contributed by atoms with E-state index < -0.39 is 0 Å². The van der Waals surface area contributed by atoms with Gasteiger partial charge in [0.25, 0.3) is 0 Å². The number of nitrogens with two attached hydrogens (primary N) is 1. The fraction of sp³-hybridized carbons (Fsp3) is 0.167. The van der Waals surface area contributed by atoms with E-state index >= 15 is 0 Å². The number of anilines is 1. The van der Waals surface area contributed by atoms with Gasteiger partial charge in [0.1, 0.15) is 12.7 Å². The topological polar surface area (TPSA) is 120 Å². The van der Waals surface area contributed by atoms with Gasteiger partial charge in [-0.2, -0.15) is 10.4 Å². The Morgan fingerprint density at radius 3 is 2.74 bits per heavy atom. The van der Waals surface area contributed by atoms with E-state index in [2.05, 4.69) is 15.5 Å². The molecule has 0 spiro atoms. The molecular weight excluding hydrogens is 244 g/mol. The molecule has 4 N–H and O–H groups in total. The van der Waals surface area contributed by atoms with Crippen LogP contribution in [-0.2, 0) is 4.74 Å². The third-order valence-corrected chi connectivity index (χ3v) is 2.38. The molecule has 0 fully saturated rings. The number of aliphatic imine (C=N–C) groups is 1. The first kappa shape index (κ1) is 12.6. The standard InChI is InChI=1S/C12H12N6O/c13-7-10(11(14)15)18-17-9-3-1-8(2-4-9)12-16-5-6-19-12/h1-4,17H,5-6H2,(H3,14,15)/b18-10+. The van der Waals surface area contributed by atoms with E-state index in [1.807, 2.05) is 12.1 Å². The Kier molecular flexibility index (Phi) is 3.73. The van der Waals surface area contributed by atoms with Crippen LogP contribution in [0.3, 0.4) is 0 Å². The lowest BCUT2D eigenvalue weighted by Crippen LogP contribution is -2.21. The predicted molar refractivity (Wildman–Crippen MR) is 72.4 cm³/mol. The van der Waals surface area contributed by atoms with Gasteiger partial charge in [-0.3, -0.25) is 10.8 Å². The highest BCUT2D eigenvalue weighted by Gasteiger charge is 2.09. The quantitative estimate of drug-likeness (QED) is 0.417. The maximum Gasteiger partial charge on any atom is 0.216 e. The summed E-state index contributed by atoms with van der Waals surface area (Å²) in [6, 6.07) is 8.95. The second-order valence-corrected chi connectivity index (χ2v) is 3.71. The number of nitriles is 1. The molecule has 0 radical (unpaired) electrons. The van der Waals surface area contributed by atoms with Gasteiger partial charge in [-0.25, -0.2) is 4.99 Å². The lowest BCUT2D eigenvalue weighted by atomic mass is 10.2. The zero-order valence-corrected chi connectivity index (χ0v) is 10.1. The van der Waals surface area contributed by atoms with Crippen LogP contribution >= 0.6 is 0 Å². The second kappa shape index (κ2) is 5.64. The number of benzene rings is 1. The lowest BCUT2D eigenvalue weighted by molar-refractivity contribution is 0.348. The zero-order chi connectivity index (χ0) is 13.7. The zero-order valence-electron chi connectivity index (χ0n) is 10.1. The van der Waals surface area contributed by atoms with E-state index in [1.54, 1.807) is 18.2 Å². The van der Waals surface area contributed by atoms with Crippen molar-refractivity contribution in [2.24, 2.45) is 15.8 Å². The van der Waals surface area contributed by atoms with Gasteiger partial charge in [0, 0.05) is 5.56 Å². The largest absolute Gasteiger partial charge is 0.476 e. The Labute approximate surface area is 109 Å². The summed E-state index contributed by atoms with van der Waals surface area (Å²) in [5.41, 5.74) is 9.24. The number of hydrogen-bond acceptors (Lipinski definition) is 6. The average Bonchev–Trinajstić information content (AvgIpc) is 2.94. The summed E-state index contributed by atoms with van der Waals surface area (Å²) in [5.74, 6) is 0.261. The van der Waals surface area contributed by atoms with Gasteiger partial charge in [-0.15, -0.1) is 0 Å². The van der Waals surface area contributed by atoms with Crippen LogP contribution in [-0.4, -0.2) is 30.6 Å². The van der Waals surface area contributed by atoms with E-state index in [-0.39, 0.29) is 11.5 Å². The third-order valence-electron chi connectivity index (χ3n) is 2.38. The molecule has 2 rings (SSSR count). The number of hydrogen-bond donors (Lipinski definition) is 3. The summed E-state index contributed by atoms with van der Waals surface area (Å²) in [7, 11) is 0. The van der Waals surface area contributed by atoms with E-state index in [0.29, 0.717) is 24.7 Å². The molecule has 1 aliphatic rings. The first-order valence-electron chi connectivity index (χ1n) is 5.56. The minimum atomic E-state index is -0.375. The molecule has 0 unspecified atom stereocenters. The number of amidine groups is 1. The summed E-state index contributed by atoms with van der Waals surface area (Å²) in [6.45, 7) is 1.30. The van der Waals surface area contributed by atoms with Crippen molar-refractivity contribution < 1.29 is 4.74 Å². The fourth-order valence-electron chi connectivity index (χ4n) is 1.46. The molecule has 7 nitrogen and oxygen atoms in total. The molecule has 0 aliphatic carbocycles. The van der Waals surface area contributed by atoms with Crippen LogP contribution in [0, 0.1) is 16.7 Å². The summed E-state index contributed by atoms with van der Waals surface area (Å²) < 4.78 is 5.34. The van der Waals surface area contributed by atoms with E-state index in [0.717, 1.165) is 5.56 Å². The van der Waals surface area contributed by atoms with Crippen LogP contribution in [0.5, 0.6) is 0 Å². The molecule has 0 saturated heterocycles. The normalized spacial score (nSPS) is 14.3. The molecule has 0 amide bonds. The minimum Gasteiger partial charge on any atom is -0.476 e. The lowest BCUT2D eigenvalue weighted by Gasteiger charge is -2.04. The molecular formula is C12H12N6O. The number of hydrazone groups is 1. The first-order chi connectivity index (χ1) is 9.20. The fourth-order valence-corrected chi connectivity index (χ4v) is 1.46. The minimum absolute atomic E-state index is 0.160. The highest BCUT2D eigenvalue weighted by atomic mass is 16.5. The van der Waals surface area contributed by atoms with Gasteiger partial charge in [-0.05, 0) is 24.3 Å². The molecule has 7 heteroatoms. The molecule has 0 bridgehead atoms. The number of nitrogens with one attached hydrogen (secondary N) is 2. The third kappa shape index (κ3) is 3.07. The molecule has 1 heterocycles. The van der Waals surface area contributed by atoms with Crippen LogP contribution in [0.25, 0.3) is 0 Å². The van der Waals surface area contributed by atoms with Gasteiger partial charge >= 0.3 is 0 Å². The monoisotopic (exact) mass is 256 g/mol. The van der Waals surface area contributed by atoms with E-state index in [9.17, 15) is 0 Å². The SMILES string of the molecule is N#C/C(=N\Nc1ccc(C2=NCCO2)cc1)C(=N)N. The smallest absolute Gasteiger partial charge is 0.216 e. The molecule has 1 aromatic rings. The van der Waals surface area contributed by atoms with Crippen molar-refractivity contribution in [3.63, 3.8) is 0 Å². The highest BCUT2D eigenvalue weighted by Crippen LogP contribution is 2.12. The first-order valence-corrected chi connectivity index (χ1v) is 5.56.